The van der Waals surface area contributed by atoms with Gasteiger partial charge in [0.05, 0.1) is 12.1 Å². The Labute approximate surface area is 125 Å². The van der Waals surface area contributed by atoms with Crippen LogP contribution < -0.4 is 5.32 Å². The van der Waals surface area contributed by atoms with Gasteiger partial charge in [0.1, 0.15) is 0 Å². The minimum absolute atomic E-state index is 0.222. The molecule has 1 N–H and O–H groups in total. The summed E-state index contributed by atoms with van der Waals surface area (Å²) in [6, 6.07) is 5.07. The topological polar surface area (TPSA) is 41.5 Å². The van der Waals surface area contributed by atoms with Crippen molar-refractivity contribution in [1.82, 2.24) is 5.32 Å². The van der Waals surface area contributed by atoms with Crippen molar-refractivity contribution >= 4 is 22.8 Å². The fourth-order valence-corrected chi connectivity index (χ4v) is 2.69. The molecule has 1 aliphatic rings. The van der Waals surface area contributed by atoms with E-state index in [1.54, 1.807) is 13.0 Å². The highest BCUT2D eigenvalue weighted by molar-refractivity contribution is 8.14. The first-order valence-electron chi connectivity index (χ1n) is 6.50. The first-order valence-corrected chi connectivity index (χ1v) is 7.49. The molecule has 114 valence electrons. The molecule has 21 heavy (non-hydrogen) atoms. The molecule has 1 amide bonds. The lowest BCUT2D eigenvalue weighted by molar-refractivity contribution is -0.137. The van der Waals surface area contributed by atoms with Gasteiger partial charge in [0.15, 0.2) is 5.17 Å². The number of nitrogens with zero attached hydrogens (tertiary/aromatic N) is 1. The lowest BCUT2D eigenvalue weighted by Crippen LogP contribution is -2.33. The molecule has 1 unspecified atom stereocenters. The molecule has 1 atom stereocenters. The summed E-state index contributed by atoms with van der Waals surface area (Å²) in [5.74, 6) is 0.204. The monoisotopic (exact) mass is 316 g/mol. The SMILES string of the molecule is CC(Cc1cccc(C(F)(F)F)c1)C(=O)NC1=NCCS1. The van der Waals surface area contributed by atoms with Crippen LogP contribution in [-0.4, -0.2) is 23.4 Å². The number of rotatable bonds is 3. The fraction of sp³-hybridized carbons (Fsp3) is 0.429. The highest BCUT2D eigenvalue weighted by Gasteiger charge is 2.30. The summed E-state index contributed by atoms with van der Waals surface area (Å²) in [7, 11) is 0. The molecule has 1 aromatic carbocycles. The second-order valence-electron chi connectivity index (χ2n) is 4.83. The molecule has 0 aliphatic carbocycles. The zero-order valence-electron chi connectivity index (χ0n) is 11.4. The van der Waals surface area contributed by atoms with Crippen LogP contribution in [0.25, 0.3) is 0 Å². The van der Waals surface area contributed by atoms with Gasteiger partial charge in [-0.3, -0.25) is 9.79 Å². The number of thioether (sulfide) groups is 1. The Morgan fingerprint density at radius 2 is 2.24 bits per heavy atom. The number of hydrogen-bond donors (Lipinski definition) is 1. The first kappa shape index (κ1) is 15.9. The van der Waals surface area contributed by atoms with Crippen LogP contribution in [-0.2, 0) is 17.4 Å². The van der Waals surface area contributed by atoms with E-state index in [9.17, 15) is 18.0 Å². The number of carbonyl (C=O) groups is 1. The lowest BCUT2D eigenvalue weighted by atomic mass is 9.99. The minimum Gasteiger partial charge on any atom is -0.305 e. The van der Waals surface area contributed by atoms with Gasteiger partial charge in [-0.1, -0.05) is 36.9 Å². The molecular weight excluding hydrogens is 301 g/mol. The zero-order chi connectivity index (χ0) is 15.5. The Morgan fingerprint density at radius 3 is 2.86 bits per heavy atom. The van der Waals surface area contributed by atoms with Gasteiger partial charge >= 0.3 is 6.18 Å². The Balaban J connectivity index is 1.98. The largest absolute Gasteiger partial charge is 0.416 e. The van der Waals surface area contributed by atoms with Gasteiger partial charge in [-0.05, 0) is 18.1 Å². The molecule has 0 aromatic heterocycles. The number of halogens is 3. The molecule has 7 heteroatoms. The van der Waals surface area contributed by atoms with E-state index in [-0.39, 0.29) is 12.3 Å². The van der Waals surface area contributed by atoms with Crippen molar-refractivity contribution in [2.75, 3.05) is 12.3 Å². The maximum absolute atomic E-state index is 12.6. The van der Waals surface area contributed by atoms with E-state index >= 15 is 0 Å². The lowest BCUT2D eigenvalue weighted by Gasteiger charge is -2.13. The molecule has 1 aliphatic heterocycles. The molecular formula is C14H15F3N2OS. The van der Waals surface area contributed by atoms with E-state index in [4.69, 9.17) is 0 Å². The standard InChI is InChI=1S/C14H15F3N2OS/c1-9(12(20)19-13-18-5-6-21-13)7-10-3-2-4-11(8-10)14(15,16)17/h2-4,8-9H,5-7H2,1H3,(H,18,19,20). The van der Waals surface area contributed by atoms with Gasteiger partial charge < -0.3 is 5.32 Å². The van der Waals surface area contributed by atoms with Crippen LogP contribution >= 0.6 is 11.8 Å². The number of benzene rings is 1. The third-order valence-electron chi connectivity index (χ3n) is 3.06. The number of carbonyl (C=O) groups excluding carboxylic acids is 1. The van der Waals surface area contributed by atoms with Crippen molar-refractivity contribution in [3.63, 3.8) is 0 Å². The van der Waals surface area contributed by atoms with Gasteiger partial charge in [-0.2, -0.15) is 13.2 Å². The van der Waals surface area contributed by atoms with E-state index in [0.29, 0.717) is 17.3 Å². The maximum atomic E-state index is 12.6. The predicted molar refractivity (Wildman–Crippen MR) is 77.2 cm³/mol. The zero-order valence-corrected chi connectivity index (χ0v) is 12.2. The highest BCUT2D eigenvalue weighted by atomic mass is 32.2. The highest BCUT2D eigenvalue weighted by Crippen LogP contribution is 2.30. The number of aliphatic imine (C=N–C) groups is 1. The third-order valence-corrected chi connectivity index (χ3v) is 3.95. The Hall–Kier alpha value is -1.50. The molecule has 0 fully saturated rings. The van der Waals surface area contributed by atoms with Crippen LogP contribution in [0.1, 0.15) is 18.1 Å². The van der Waals surface area contributed by atoms with Gasteiger partial charge in [0.25, 0.3) is 0 Å². The summed E-state index contributed by atoms with van der Waals surface area (Å²) in [6.45, 7) is 2.37. The fourth-order valence-electron chi connectivity index (χ4n) is 1.96. The Bertz CT molecular complexity index is 557. The maximum Gasteiger partial charge on any atom is 0.416 e. The van der Waals surface area contributed by atoms with Crippen LogP contribution in [0.4, 0.5) is 13.2 Å². The first-order chi connectivity index (χ1) is 9.86. The summed E-state index contributed by atoms with van der Waals surface area (Å²) in [4.78, 5) is 16.1. The molecule has 2 rings (SSSR count). The van der Waals surface area contributed by atoms with Crippen LogP contribution in [0, 0.1) is 5.92 Å². The molecule has 3 nitrogen and oxygen atoms in total. The molecule has 0 saturated carbocycles. The number of amides is 1. The molecule has 0 bridgehead atoms. The van der Waals surface area contributed by atoms with Crippen molar-refractivity contribution in [1.29, 1.82) is 0 Å². The van der Waals surface area contributed by atoms with E-state index in [0.717, 1.165) is 17.9 Å². The average molecular weight is 316 g/mol. The molecule has 0 saturated heterocycles. The molecule has 1 heterocycles. The van der Waals surface area contributed by atoms with Crippen LogP contribution in [0.5, 0.6) is 0 Å². The smallest absolute Gasteiger partial charge is 0.305 e. The molecule has 0 spiro atoms. The van der Waals surface area contributed by atoms with Gasteiger partial charge in [-0.15, -0.1) is 0 Å². The second kappa shape index (κ2) is 6.51. The summed E-state index contributed by atoms with van der Waals surface area (Å²) < 4.78 is 37.9. The van der Waals surface area contributed by atoms with E-state index in [2.05, 4.69) is 10.3 Å². The summed E-state index contributed by atoms with van der Waals surface area (Å²) >= 11 is 1.47. The summed E-state index contributed by atoms with van der Waals surface area (Å²) in [6.07, 6.45) is -4.11. The van der Waals surface area contributed by atoms with Crippen molar-refractivity contribution in [3.8, 4) is 0 Å². The normalized spacial score (nSPS) is 16.5. The van der Waals surface area contributed by atoms with Crippen LogP contribution in [0.2, 0.25) is 0 Å². The van der Waals surface area contributed by atoms with Gasteiger partial charge in [0.2, 0.25) is 5.91 Å². The second-order valence-corrected chi connectivity index (χ2v) is 5.91. The number of alkyl halides is 3. The van der Waals surface area contributed by atoms with Gasteiger partial charge in [-0.25, -0.2) is 0 Å². The van der Waals surface area contributed by atoms with Gasteiger partial charge in [0, 0.05) is 11.7 Å². The van der Waals surface area contributed by atoms with E-state index in [1.165, 1.54) is 17.8 Å². The van der Waals surface area contributed by atoms with Crippen LogP contribution in [0.15, 0.2) is 29.3 Å². The van der Waals surface area contributed by atoms with Crippen LogP contribution in [0.3, 0.4) is 0 Å². The van der Waals surface area contributed by atoms with Crippen molar-refractivity contribution < 1.29 is 18.0 Å². The summed E-state index contributed by atoms with van der Waals surface area (Å²) in [5.41, 5.74) is -0.197. The Morgan fingerprint density at radius 1 is 1.48 bits per heavy atom. The average Bonchev–Trinajstić information content (AvgIpc) is 2.91. The third kappa shape index (κ3) is 4.49. The number of nitrogens with one attached hydrogen (secondary N) is 1. The van der Waals surface area contributed by atoms with E-state index in [1.807, 2.05) is 0 Å². The number of hydrogen-bond acceptors (Lipinski definition) is 3. The van der Waals surface area contributed by atoms with Crippen molar-refractivity contribution in [2.24, 2.45) is 10.9 Å². The van der Waals surface area contributed by atoms with Crippen molar-refractivity contribution in [2.45, 2.75) is 19.5 Å². The Kier molecular flexibility index (Phi) is 4.92. The number of amidine groups is 1. The van der Waals surface area contributed by atoms with Crippen molar-refractivity contribution in [3.05, 3.63) is 35.4 Å². The quantitative estimate of drug-likeness (QED) is 0.931. The summed E-state index contributed by atoms with van der Waals surface area (Å²) in [5, 5.41) is 3.29. The minimum atomic E-state index is -4.36. The molecule has 0 radical (unpaired) electrons. The predicted octanol–water partition coefficient (Wildman–Crippen LogP) is 3.10. The molecule has 1 aromatic rings. The van der Waals surface area contributed by atoms with E-state index < -0.39 is 17.7 Å².